The average Bonchev–Trinajstić information content (AvgIpc) is 3.03. The van der Waals surface area contributed by atoms with Gasteiger partial charge in [-0.2, -0.15) is 0 Å². The van der Waals surface area contributed by atoms with E-state index in [0.717, 1.165) is 19.4 Å². The Kier molecular flexibility index (Phi) is 4.51. The van der Waals surface area contributed by atoms with E-state index in [0.29, 0.717) is 12.5 Å². The highest BCUT2D eigenvalue weighted by atomic mass is 16.4. The molecular formula is C16H25NO3. The van der Waals surface area contributed by atoms with Gasteiger partial charge in [-0.05, 0) is 31.1 Å². The molecule has 20 heavy (non-hydrogen) atoms. The molecule has 0 heterocycles. The molecule has 2 bridgehead atoms. The molecule has 1 fully saturated rings. The largest absolute Gasteiger partial charge is 0.481 e. The number of carbonyl (C=O) groups excluding carboxylic acids is 1. The minimum absolute atomic E-state index is 0.0389. The zero-order valence-corrected chi connectivity index (χ0v) is 12.6. The summed E-state index contributed by atoms with van der Waals surface area (Å²) in [5, 5.41) is 9.43. The van der Waals surface area contributed by atoms with E-state index in [2.05, 4.69) is 13.8 Å². The highest BCUT2D eigenvalue weighted by Crippen LogP contribution is 2.48. The number of carboxylic acids is 1. The summed E-state index contributed by atoms with van der Waals surface area (Å²) in [6.07, 6.45) is 5.89. The second-order valence-corrected chi connectivity index (χ2v) is 6.23. The van der Waals surface area contributed by atoms with Crippen molar-refractivity contribution < 1.29 is 14.7 Å². The quantitative estimate of drug-likeness (QED) is 0.760. The molecule has 5 atom stereocenters. The molecule has 4 heteroatoms. The fraction of sp³-hybridized carbons (Fsp3) is 0.750. The van der Waals surface area contributed by atoms with Gasteiger partial charge in [0.2, 0.25) is 5.91 Å². The number of carboxylic acid groups (broad SMARTS) is 1. The molecule has 0 saturated heterocycles. The molecule has 112 valence electrons. The normalized spacial score (nSPS) is 32.4. The average molecular weight is 279 g/mol. The fourth-order valence-corrected chi connectivity index (χ4v) is 3.59. The van der Waals surface area contributed by atoms with E-state index < -0.39 is 11.9 Å². The van der Waals surface area contributed by atoms with Gasteiger partial charge in [-0.15, -0.1) is 0 Å². The molecule has 2 aliphatic carbocycles. The molecule has 0 spiro atoms. The van der Waals surface area contributed by atoms with Gasteiger partial charge >= 0.3 is 5.97 Å². The SMILES string of the molecule is CCC(C)CN(CC)C(=O)C1C2C=CC(C2)C1C(=O)O. The lowest BCUT2D eigenvalue weighted by Gasteiger charge is -2.31. The first kappa shape index (κ1) is 15.1. The second-order valence-electron chi connectivity index (χ2n) is 6.23. The van der Waals surface area contributed by atoms with Crippen LogP contribution in [0.1, 0.15) is 33.6 Å². The molecule has 1 amide bonds. The summed E-state index contributed by atoms with van der Waals surface area (Å²) in [7, 11) is 0. The number of aliphatic carboxylic acids is 1. The Morgan fingerprint density at radius 3 is 2.35 bits per heavy atom. The van der Waals surface area contributed by atoms with Gasteiger partial charge in [-0.3, -0.25) is 9.59 Å². The molecule has 1 N–H and O–H groups in total. The topological polar surface area (TPSA) is 57.6 Å². The maximum absolute atomic E-state index is 12.8. The van der Waals surface area contributed by atoms with Crippen LogP contribution in [0.2, 0.25) is 0 Å². The van der Waals surface area contributed by atoms with E-state index >= 15 is 0 Å². The summed E-state index contributed by atoms with van der Waals surface area (Å²) in [4.78, 5) is 26.1. The van der Waals surface area contributed by atoms with E-state index in [-0.39, 0.29) is 23.7 Å². The fourth-order valence-electron chi connectivity index (χ4n) is 3.59. The standard InChI is InChI=1S/C16H25NO3/c1-4-10(3)9-17(5-2)15(18)13-11-6-7-12(8-11)14(13)16(19)20/h6-7,10-14H,4-5,8-9H2,1-3H3,(H,19,20). The van der Waals surface area contributed by atoms with Crippen LogP contribution in [0.4, 0.5) is 0 Å². The molecule has 0 aromatic carbocycles. The monoisotopic (exact) mass is 279 g/mol. The smallest absolute Gasteiger partial charge is 0.307 e. The van der Waals surface area contributed by atoms with E-state index in [9.17, 15) is 14.7 Å². The minimum atomic E-state index is -0.820. The Morgan fingerprint density at radius 1 is 1.25 bits per heavy atom. The lowest BCUT2D eigenvalue weighted by molar-refractivity contribution is -0.151. The van der Waals surface area contributed by atoms with Crippen molar-refractivity contribution in [2.75, 3.05) is 13.1 Å². The number of hydrogen-bond acceptors (Lipinski definition) is 2. The first-order valence-corrected chi connectivity index (χ1v) is 7.69. The van der Waals surface area contributed by atoms with Gasteiger partial charge in [0.15, 0.2) is 0 Å². The summed E-state index contributed by atoms with van der Waals surface area (Å²) in [6.45, 7) is 7.61. The maximum Gasteiger partial charge on any atom is 0.307 e. The maximum atomic E-state index is 12.8. The van der Waals surface area contributed by atoms with E-state index in [1.54, 1.807) is 0 Å². The van der Waals surface area contributed by atoms with Crippen LogP contribution in [0, 0.1) is 29.6 Å². The van der Waals surface area contributed by atoms with E-state index in [1.807, 2.05) is 24.0 Å². The zero-order chi connectivity index (χ0) is 14.9. The molecular weight excluding hydrogens is 254 g/mol. The lowest BCUT2D eigenvalue weighted by atomic mass is 9.82. The molecule has 0 aromatic rings. The molecule has 5 unspecified atom stereocenters. The van der Waals surface area contributed by atoms with Crippen molar-refractivity contribution in [3.63, 3.8) is 0 Å². The third kappa shape index (κ3) is 2.60. The van der Waals surface area contributed by atoms with Gasteiger partial charge in [0.25, 0.3) is 0 Å². The van der Waals surface area contributed by atoms with Crippen LogP contribution in [0.3, 0.4) is 0 Å². The third-order valence-electron chi connectivity index (χ3n) is 4.95. The number of rotatable bonds is 6. The first-order valence-electron chi connectivity index (χ1n) is 7.69. The van der Waals surface area contributed by atoms with Crippen LogP contribution < -0.4 is 0 Å². The molecule has 2 rings (SSSR count). The molecule has 0 aliphatic heterocycles. The first-order chi connectivity index (χ1) is 9.49. The number of fused-ring (bicyclic) bond motifs is 2. The third-order valence-corrected chi connectivity index (χ3v) is 4.95. The van der Waals surface area contributed by atoms with Gasteiger partial charge in [0, 0.05) is 13.1 Å². The summed E-state index contributed by atoms with van der Waals surface area (Å²) < 4.78 is 0. The van der Waals surface area contributed by atoms with Crippen LogP contribution in [0.25, 0.3) is 0 Å². The van der Waals surface area contributed by atoms with Crippen LogP contribution in [0.15, 0.2) is 12.2 Å². The number of allylic oxidation sites excluding steroid dienone is 2. The Bertz CT molecular complexity index is 418. The summed E-state index contributed by atoms with van der Waals surface area (Å²) in [5.41, 5.74) is 0. The van der Waals surface area contributed by atoms with Crippen molar-refractivity contribution in [3.05, 3.63) is 12.2 Å². The van der Waals surface area contributed by atoms with Crippen LogP contribution in [0.5, 0.6) is 0 Å². The lowest BCUT2D eigenvalue weighted by Crippen LogP contribution is -2.44. The minimum Gasteiger partial charge on any atom is -0.481 e. The molecule has 2 aliphatic rings. The Morgan fingerprint density at radius 2 is 1.85 bits per heavy atom. The Hall–Kier alpha value is -1.32. The summed E-state index contributed by atoms with van der Waals surface area (Å²) in [6, 6.07) is 0. The van der Waals surface area contributed by atoms with Gasteiger partial charge in [-0.1, -0.05) is 32.4 Å². The van der Waals surface area contributed by atoms with Gasteiger partial charge in [-0.25, -0.2) is 0 Å². The molecule has 4 nitrogen and oxygen atoms in total. The van der Waals surface area contributed by atoms with Crippen molar-refractivity contribution in [2.24, 2.45) is 29.6 Å². The molecule has 1 saturated carbocycles. The number of amides is 1. The van der Waals surface area contributed by atoms with Crippen molar-refractivity contribution in [3.8, 4) is 0 Å². The van der Waals surface area contributed by atoms with E-state index in [1.165, 1.54) is 0 Å². The van der Waals surface area contributed by atoms with E-state index in [4.69, 9.17) is 0 Å². The summed E-state index contributed by atoms with van der Waals surface area (Å²) in [5.74, 6) is -1.03. The van der Waals surface area contributed by atoms with Gasteiger partial charge < -0.3 is 10.0 Å². The van der Waals surface area contributed by atoms with Crippen molar-refractivity contribution >= 4 is 11.9 Å². The molecule has 0 radical (unpaired) electrons. The van der Waals surface area contributed by atoms with Crippen molar-refractivity contribution in [2.45, 2.75) is 33.6 Å². The van der Waals surface area contributed by atoms with Crippen molar-refractivity contribution in [1.82, 2.24) is 4.90 Å². The number of nitrogens with zero attached hydrogens (tertiary/aromatic N) is 1. The Balaban J connectivity index is 2.14. The number of hydrogen-bond donors (Lipinski definition) is 1. The van der Waals surface area contributed by atoms with Gasteiger partial charge in [0.05, 0.1) is 11.8 Å². The molecule has 0 aromatic heterocycles. The van der Waals surface area contributed by atoms with Crippen molar-refractivity contribution in [1.29, 1.82) is 0 Å². The predicted molar refractivity (Wildman–Crippen MR) is 77.1 cm³/mol. The predicted octanol–water partition coefficient (Wildman–Crippen LogP) is 2.40. The van der Waals surface area contributed by atoms with Crippen LogP contribution in [-0.4, -0.2) is 35.0 Å². The summed E-state index contributed by atoms with van der Waals surface area (Å²) >= 11 is 0. The number of carbonyl (C=O) groups is 2. The van der Waals surface area contributed by atoms with Gasteiger partial charge in [0.1, 0.15) is 0 Å². The highest BCUT2D eigenvalue weighted by molar-refractivity contribution is 5.87. The van der Waals surface area contributed by atoms with Crippen LogP contribution >= 0.6 is 0 Å². The van der Waals surface area contributed by atoms with Crippen LogP contribution in [-0.2, 0) is 9.59 Å². The second kappa shape index (κ2) is 5.98. The zero-order valence-electron chi connectivity index (χ0n) is 12.6. The highest BCUT2D eigenvalue weighted by Gasteiger charge is 2.52. The Labute approximate surface area is 120 Å².